The zero-order valence-corrected chi connectivity index (χ0v) is 11.5. The van der Waals surface area contributed by atoms with E-state index in [0.717, 1.165) is 0 Å². The number of thiophene rings is 1. The van der Waals surface area contributed by atoms with Crippen LogP contribution in [-0.4, -0.2) is 16.2 Å². The third-order valence-electron chi connectivity index (χ3n) is 3.05. The van der Waals surface area contributed by atoms with Gasteiger partial charge in [-0.05, 0) is 17.5 Å². The lowest BCUT2D eigenvalue weighted by atomic mass is 10.1. The molecule has 106 valence electrons. The smallest absolute Gasteiger partial charge is 0.307 e. The Hall–Kier alpha value is -2.60. The summed E-state index contributed by atoms with van der Waals surface area (Å²) >= 11 is 1.24. The summed E-state index contributed by atoms with van der Waals surface area (Å²) in [5.41, 5.74) is 0.400. The van der Waals surface area contributed by atoms with Crippen LogP contribution in [0.5, 0.6) is 5.75 Å². The molecule has 0 amide bonds. The van der Waals surface area contributed by atoms with Gasteiger partial charge in [-0.2, -0.15) is 0 Å². The number of hydrogen-bond acceptors (Lipinski definition) is 5. The van der Waals surface area contributed by atoms with Crippen LogP contribution in [-0.2, 0) is 11.2 Å². The zero-order valence-electron chi connectivity index (χ0n) is 10.7. The van der Waals surface area contributed by atoms with E-state index in [2.05, 4.69) is 0 Å². The number of carbonyl (C=O) groups is 1. The normalized spacial score (nSPS) is 10.9. The Balaban J connectivity index is 2.29. The van der Waals surface area contributed by atoms with E-state index in [4.69, 9.17) is 9.52 Å². The molecule has 0 aliphatic rings. The van der Waals surface area contributed by atoms with Crippen LogP contribution in [0.25, 0.3) is 21.6 Å². The van der Waals surface area contributed by atoms with Gasteiger partial charge in [0, 0.05) is 11.6 Å². The minimum Gasteiger partial charge on any atom is -0.506 e. The van der Waals surface area contributed by atoms with Gasteiger partial charge >= 0.3 is 5.97 Å². The van der Waals surface area contributed by atoms with Crippen LogP contribution in [0, 0.1) is 0 Å². The summed E-state index contributed by atoms with van der Waals surface area (Å²) in [5.74, 6) is -0.745. The van der Waals surface area contributed by atoms with Crippen LogP contribution in [0.15, 0.2) is 44.9 Å². The first-order valence-corrected chi connectivity index (χ1v) is 6.98. The van der Waals surface area contributed by atoms with Gasteiger partial charge < -0.3 is 14.6 Å². The minimum absolute atomic E-state index is 0.0261. The summed E-state index contributed by atoms with van der Waals surface area (Å²) in [6.07, 6.45) is -0.236. The van der Waals surface area contributed by atoms with Gasteiger partial charge in [0.05, 0.1) is 11.8 Å². The van der Waals surface area contributed by atoms with Gasteiger partial charge in [-0.3, -0.25) is 9.59 Å². The fourth-order valence-electron chi connectivity index (χ4n) is 2.14. The summed E-state index contributed by atoms with van der Waals surface area (Å²) in [4.78, 5) is 23.5. The fraction of sp³-hybridized carbons (Fsp3) is 0.0667. The van der Waals surface area contributed by atoms with Crippen molar-refractivity contribution in [3.8, 4) is 16.4 Å². The van der Waals surface area contributed by atoms with E-state index in [1.54, 1.807) is 23.6 Å². The maximum atomic E-state index is 12.2. The number of carboxylic acid groups (broad SMARTS) is 1. The highest BCUT2D eigenvalue weighted by Gasteiger charge is 2.15. The third-order valence-corrected chi connectivity index (χ3v) is 3.96. The average Bonchev–Trinajstić information content (AvgIpc) is 2.85. The van der Waals surface area contributed by atoms with Crippen molar-refractivity contribution in [2.24, 2.45) is 0 Å². The molecule has 0 saturated carbocycles. The lowest BCUT2D eigenvalue weighted by molar-refractivity contribution is -0.136. The number of benzene rings is 1. The van der Waals surface area contributed by atoms with E-state index in [0.29, 0.717) is 15.8 Å². The largest absolute Gasteiger partial charge is 0.506 e. The van der Waals surface area contributed by atoms with Gasteiger partial charge in [-0.25, -0.2) is 0 Å². The van der Waals surface area contributed by atoms with Gasteiger partial charge in [-0.1, -0.05) is 12.1 Å². The van der Waals surface area contributed by atoms with Crippen LogP contribution in [0.2, 0.25) is 0 Å². The van der Waals surface area contributed by atoms with Crippen LogP contribution in [0.4, 0.5) is 0 Å². The summed E-state index contributed by atoms with van der Waals surface area (Å²) in [5, 5.41) is 20.7. The Kier molecular flexibility index (Phi) is 3.23. The lowest BCUT2D eigenvalue weighted by Gasteiger charge is -2.05. The molecule has 3 aromatic rings. The molecule has 6 heteroatoms. The number of fused-ring (bicyclic) bond motifs is 1. The molecule has 0 atom stereocenters. The molecule has 0 radical (unpaired) electrons. The highest BCUT2D eigenvalue weighted by molar-refractivity contribution is 7.13. The molecule has 0 bridgehead atoms. The van der Waals surface area contributed by atoms with Crippen molar-refractivity contribution in [1.29, 1.82) is 0 Å². The summed E-state index contributed by atoms with van der Waals surface area (Å²) in [6, 6.07) is 7.63. The van der Waals surface area contributed by atoms with Crippen molar-refractivity contribution >= 4 is 28.3 Å². The molecule has 2 heterocycles. The predicted molar refractivity (Wildman–Crippen MR) is 78.8 cm³/mol. The number of rotatable bonds is 3. The first-order valence-electron chi connectivity index (χ1n) is 6.10. The number of aromatic hydroxyl groups is 1. The van der Waals surface area contributed by atoms with Crippen molar-refractivity contribution < 1.29 is 19.4 Å². The molecule has 0 spiro atoms. The number of aliphatic carboxylic acids is 1. The summed E-state index contributed by atoms with van der Waals surface area (Å²) in [6.45, 7) is 0. The van der Waals surface area contributed by atoms with Gasteiger partial charge in [0.1, 0.15) is 16.2 Å². The lowest BCUT2D eigenvalue weighted by Crippen LogP contribution is -2.05. The third kappa shape index (κ3) is 2.41. The second kappa shape index (κ2) is 5.06. The number of carboxylic acids is 1. The molecular formula is C15H10O5S. The van der Waals surface area contributed by atoms with Crippen molar-refractivity contribution in [1.82, 2.24) is 0 Å². The van der Waals surface area contributed by atoms with Crippen molar-refractivity contribution in [2.45, 2.75) is 6.42 Å². The van der Waals surface area contributed by atoms with Crippen LogP contribution in [0.3, 0.4) is 0 Å². The zero-order chi connectivity index (χ0) is 15.0. The monoisotopic (exact) mass is 302 g/mol. The predicted octanol–water partition coefficient (Wildman–Crippen LogP) is 2.85. The van der Waals surface area contributed by atoms with Crippen molar-refractivity contribution in [3.05, 3.63) is 51.5 Å². The SMILES string of the molecule is O=C(O)Cc1cccc2c(=O)cc(-c3sccc3O)oc12. The molecule has 2 N–H and O–H groups in total. The fourth-order valence-corrected chi connectivity index (χ4v) is 2.88. The van der Waals surface area contributed by atoms with Crippen LogP contribution >= 0.6 is 11.3 Å². The highest BCUT2D eigenvalue weighted by Crippen LogP contribution is 2.35. The summed E-state index contributed by atoms with van der Waals surface area (Å²) < 4.78 is 5.69. The van der Waals surface area contributed by atoms with Crippen molar-refractivity contribution in [3.63, 3.8) is 0 Å². The second-order valence-corrected chi connectivity index (χ2v) is 5.39. The van der Waals surface area contributed by atoms with E-state index in [-0.39, 0.29) is 28.9 Å². The van der Waals surface area contributed by atoms with E-state index >= 15 is 0 Å². The molecule has 0 aliphatic heterocycles. The number of para-hydroxylation sites is 1. The topological polar surface area (TPSA) is 87.7 Å². The molecule has 5 nitrogen and oxygen atoms in total. The molecule has 0 aliphatic carbocycles. The van der Waals surface area contributed by atoms with Gasteiger partial charge in [0.15, 0.2) is 11.2 Å². The molecular weight excluding hydrogens is 292 g/mol. The summed E-state index contributed by atoms with van der Waals surface area (Å²) in [7, 11) is 0. The molecule has 21 heavy (non-hydrogen) atoms. The van der Waals surface area contributed by atoms with Gasteiger partial charge in [0.25, 0.3) is 0 Å². The molecule has 1 aromatic carbocycles. The van der Waals surface area contributed by atoms with E-state index < -0.39 is 5.97 Å². The average molecular weight is 302 g/mol. The Labute approximate surface area is 122 Å². The first-order chi connectivity index (χ1) is 10.1. The van der Waals surface area contributed by atoms with Crippen molar-refractivity contribution in [2.75, 3.05) is 0 Å². The highest BCUT2D eigenvalue weighted by atomic mass is 32.1. The molecule has 0 fully saturated rings. The molecule has 2 aromatic heterocycles. The Morgan fingerprint density at radius 3 is 2.76 bits per heavy atom. The van der Waals surface area contributed by atoms with Gasteiger partial charge in [0.2, 0.25) is 0 Å². The maximum Gasteiger partial charge on any atom is 0.307 e. The Bertz CT molecular complexity index is 890. The van der Waals surface area contributed by atoms with E-state index in [1.807, 2.05) is 0 Å². The number of hydrogen-bond donors (Lipinski definition) is 2. The minimum atomic E-state index is -1.01. The molecule has 3 rings (SSSR count). The van der Waals surface area contributed by atoms with E-state index in [1.165, 1.54) is 23.5 Å². The van der Waals surface area contributed by atoms with Gasteiger partial charge in [-0.15, -0.1) is 11.3 Å². The molecule has 0 saturated heterocycles. The standard InChI is InChI=1S/C15H10O5S/c16-10-4-5-21-15(10)12-7-11(17)9-3-1-2-8(6-13(18)19)14(9)20-12/h1-5,7,16H,6H2,(H,18,19). The molecule has 0 unspecified atom stereocenters. The van der Waals surface area contributed by atoms with E-state index in [9.17, 15) is 14.7 Å². The second-order valence-electron chi connectivity index (χ2n) is 4.47. The Morgan fingerprint density at radius 2 is 2.10 bits per heavy atom. The Morgan fingerprint density at radius 1 is 1.29 bits per heavy atom. The maximum absolute atomic E-state index is 12.2. The van der Waals surface area contributed by atoms with Crippen LogP contribution in [0.1, 0.15) is 5.56 Å². The quantitative estimate of drug-likeness (QED) is 0.776. The first kappa shape index (κ1) is 13.4. The van der Waals surface area contributed by atoms with Crippen LogP contribution < -0.4 is 5.43 Å².